The van der Waals surface area contributed by atoms with Crippen LogP contribution in [0.2, 0.25) is 0 Å². The van der Waals surface area contributed by atoms with Crippen LogP contribution in [0.15, 0.2) is 22.7 Å². The van der Waals surface area contributed by atoms with Gasteiger partial charge in [0.05, 0.1) is 11.7 Å². The van der Waals surface area contributed by atoms with Gasteiger partial charge in [-0.1, -0.05) is 0 Å². The average molecular weight is 338 g/mol. The molecule has 1 aromatic carbocycles. The van der Waals surface area contributed by atoms with Crippen molar-refractivity contribution in [3.63, 3.8) is 0 Å². The van der Waals surface area contributed by atoms with Crippen LogP contribution in [0.3, 0.4) is 0 Å². The van der Waals surface area contributed by atoms with E-state index in [1.807, 2.05) is 0 Å². The maximum Gasteiger partial charge on any atom is 0.416 e. The summed E-state index contributed by atoms with van der Waals surface area (Å²) in [5.74, 6) is 0. The first kappa shape index (κ1) is 14.7. The molecule has 1 heterocycles. The zero-order valence-electron chi connectivity index (χ0n) is 10.3. The predicted octanol–water partition coefficient (Wildman–Crippen LogP) is 4.45. The van der Waals surface area contributed by atoms with Gasteiger partial charge in [0.2, 0.25) is 0 Å². The van der Waals surface area contributed by atoms with Crippen molar-refractivity contribution >= 4 is 21.6 Å². The molecule has 0 radical (unpaired) electrons. The number of rotatable bonds is 4. The minimum Gasteiger partial charge on any atom is -0.384 e. The summed E-state index contributed by atoms with van der Waals surface area (Å²) in [7, 11) is 0. The molecule has 1 N–H and O–H groups in total. The van der Waals surface area contributed by atoms with Crippen molar-refractivity contribution in [3.05, 3.63) is 28.2 Å². The fourth-order valence-corrected chi connectivity index (χ4v) is 2.46. The lowest BCUT2D eigenvalue weighted by atomic mass is 10.1. The first-order valence-corrected chi connectivity index (χ1v) is 6.98. The summed E-state index contributed by atoms with van der Waals surface area (Å²) in [4.78, 5) is 0. The Balaban J connectivity index is 1.94. The maximum absolute atomic E-state index is 12.6. The summed E-state index contributed by atoms with van der Waals surface area (Å²) < 4.78 is 43.9. The Morgan fingerprint density at radius 3 is 2.79 bits per heavy atom. The molecular weight excluding hydrogens is 323 g/mol. The van der Waals surface area contributed by atoms with Crippen molar-refractivity contribution in [2.45, 2.75) is 31.5 Å². The van der Waals surface area contributed by atoms with E-state index in [0.29, 0.717) is 16.7 Å². The van der Waals surface area contributed by atoms with E-state index in [9.17, 15) is 13.2 Å². The van der Waals surface area contributed by atoms with Crippen molar-refractivity contribution in [2.24, 2.45) is 0 Å². The minimum absolute atomic E-state index is 0.233. The number of anilines is 1. The van der Waals surface area contributed by atoms with Crippen molar-refractivity contribution < 1.29 is 17.9 Å². The summed E-state index contributed by atoms with van der Waals surface area (Å²) in [5, 5.41) is 3.03. The van der Waals surface area contributed by atoms with E-state index in [0.717, 1.165) is 38.0 Å². The fraction of sp³-hybridized carbons (Fsp3) is 0.538. The van der Waals surface area contributed by atoms with Gasteiger partial charge in [-0.15, -0.1) is 0 Å². The molecule has 1 aliphatic heterocycles. The molecule has 0 aromatic heterocycles. The molecule has 1 fully saturated rings. The zero-order chi connectivity index (χ0) is 13.9. The highest BCUT2D eigenvalue weighted by molar-refractivity contribution is 9.10. The molecule has 1 atom stereocenters. The highest BCUT2D eigenvalue weighted by Gasteiger charge is 2.30. The van der Waals surface area contributed by atoms with E-state index in [4.69, 9.17) is 4.74 Å². The second kappa shape index (κ2) is 6.13. The van der Waals surface area contributed by atoms with Crippen LogP contribution in [-0.2, 0) is 10.9 Å². The van der Waals surface area contributed by atoms with Gasteiger partial charge in [0.1, 0.15) is 0 Å². The molecule has 19 heavy (non-hydrogen) atoms. The van der Waals surface area contributed by atoms with Crippen LogP contribution in [-0.4, -0.2) is 19.3 Å². The highest BCUT2D eigenvalue weighted by atomic mass is 79.9. The van der Waals surface area contributed by atoms with Crippen LogP contribution in [0.25, 0.3) is 0 Å². The van der Waals surface area contributed by atoms with Gasteiger partial charge in [0.15, 0.2) is 0 Å². The lowest BCUT2D eigenvalue weighted by Crippen LogP contribution is -2.13. The molecule has 2 rings (SSSR count). The Hall–Kier alpha value is -0.750. The van der Waals surface area contributed by atoms with Crippen LogP contribution in [0.5, 0.6) is 0 Å². The normalized spacial score (nSPS) is 19.7. The Kier molecular flexibility index (Phi) is 4.73. The summed E-state index contributed by atoms with van der Waals surface area (Å²) in [6, 6.07) is 3.60. The third-order valence-corrected chi connectivity index (χ3v) is 3.79. The van der Waals surface area contributed by atoms with Crippen molar-refractivity contribution in [1.82, 2.24) is 0 Å². The zero-order valence-corrected chi connectivity index (χ0v) is 11.9. The second-order valence-corrected chi connectivity index (χ2v) is 5.40. The Morgan fingerprint density at radius 1 is 1.37 bits per heavy atom. The van der Waals surface area contributed by atoms with E-state index in [1.54, 1.807) is 0 Å². The Labute approximate surface area is 118 Å². The topological polar surface area (TPSA) is 21.3 Å². The third-order valence-electron chi connectivity index (χ3n) is 3.10. The fourth-order valence-electron chi connectivity index (χ4n) is 2.08. The molecule has 106 valence electrons. The quantitative estimate of drug-likeness (QED) is 0.876. The third kappa shape index (κ3) is 4.11. The average Bonchev–Trinajstić information content (AvgIpc) is 2.83. The molecule has 1 aromatic rings. The van der Waals surface area contributed by atoms with E-state index in [-0.39, 0.29) is 6.10 Å². The maximum atomic E-state index is 12.6. The molecular formula is C13H15BrF3NO. The van der Waals surface area contributed by atoms with Crippen LogP contribution in [0.1, 0.15) is 24.8 Å². The summed E-state index contributed by atoms with van der Waals surface area (Å²) >= 11 is 3.25. The lowest BCUT2D eigenvalue weighted by molar-refractivity contribution is -0.137. The molecule has 0 aliphatic carbocycles. The summed E-state index contributed by atoms with van der Waals surface area (Å²) in [6.07, 6.45) is -1.17. The number of hydrogen-bond acceptors (Lipinski definition) is 2. The number of hydrogen-bond donors (Lipinski definition) is 1. The SMILES string of the molecule is FC(F)(F)c1ccc(Br)c(NCCC2CCCO2)c1. The number of ether oxygens (including phenoxy) is 1. The van der Waals surface area contributed by atoms with E-state index < -0.39 is 11.7 Å². The van der Waals surface area contributed by atoms with Crippen molar-refractivity contribution in [1.29, 1.82) is 0 Å². The van der Waals surface area contributed by atoms with Gasteiger partial charge in [0, 0.05) is 23.3 Å². The monoisotopic (exact) mass is 337 g/mol. The number of alkyl halides is 3. The Bertz CT molecular complexity index is 430. The Morgan fingerprint density at radius 2 is 2.16 bits per heavy atom. The smallest absolute Gasteiger partial charge is 0.384 e. The van der Waals surface area contributed by atoms with Gasteiger partial charge in [-0.3, -0.25) is 0 Å². The molecule has 2 nitrogen and oxygen atoms in total. The molecule has 1 saturated heterocycles. The second-order valence-electron chi connectivity index (χ2n) is 4.54. The molecule has 0 saturated carbocycles. The van der Waals surface area contributed by atoms with Gasteiger partial charge < -0.3 is 10.1 Å². The molecule has 1 aliphatic rings. The van der Waals surface area contributed by atoms with Gasteiger partial charge in [-0.2, -0.15) is 13.2 Å². The summed E-state index contributed by atoms with van der Waals surface area (Å²) in [6.45, 7) is 1.39. The van der Waals surface area contributed by atoms with Gasteiger partial charge in [-0.25, -0.2) is 0 Å². The largest absolute Gasteiger partial charge is 0.416 e. The molecule has 1 unspecified atom stereocenters. The van der Waals surface area contributed by atoms with Crippen molar-refractivity contribution in [3.8, 4) is 0 Å². The molecule has 6 heteroatoms. The number of nitrogens with one attached hydrogen (secondary N) is 1. The molecule has 0 bridgehead atoms. The first-order valence-electron chi connectivity index (χ1n) is 6.19. The van der Waals surface area contributed by atoms with Crippen LogP contribution in [0, 0.1) is 0 Å². The van der Waals surface area contributed by atoms with Crippen LogP contribution >= 0.6 is 15.9 Å². The van der Waals surface area contributed by atoms with E-state index in [2.05, 4.69) is 21.2 Å². The van der Waals surface area contributed by atoms with E-state index >= 15 is 0 Å². The highest BCUT2D eigenvalue weighted by Crippen LogP contribution is 2.34. The summed E-state index contributed by atoms with van der Waals surface area (Å²) in [5.41, 5.74) is -0.178. The van der Waals surface area contributed by atoms with Gasteiger partial charge in [-0.05, 0) is 53.4 Å². The van der Waals surface area contributed by atoms with Crippen LogP contribution < -0.4 is 5.32 Å². The number of halogens is 4. The molecule has 0 amide bonds. The standard InChI is InChI=1S/C13H15BrF3NO/c14-11-4-3-9(13(15,16)17)8-12(11)18-6-5-10-2-1-7-19-10/h3-4,8,10,18H,1-2,5-7H2. The van der Waals surface area contributed by atoms with Gasteiger partial charge in [0.25, 0.3) is 0 Å². The van der Waals surface area contributed by atoms with E-state index in [1.165, 1.54) is 6.07 Å². The van der Waals surface area contributed by atoms with Crippen molar-refractivity contribution in [2.75, 3.05) is 18.5 Å². The lowest BCUT2D eigenvalue weighted by Gasteiger charge is -2.14. The molecule has 0 spiro atoms. The minimum atomic E-state index is -4.31. The number of benzene rings is 1. The van der Waals surface area contributed by atoms with Crippen LogP contribution in [0.4, 0.5) is 18.9 Å². The van der Waals surface area contributed by atoms with Gasteiger partial charge >= 0.3 is 6.18 Å². The predicted molar refractivity (Wildman–Crippen MR) is 71.2 cm³/mol. The first-order chi connectivity index (χ1) is 8.97.